The summed E-state index contributed by atoms with van der Waals surface area (Å²) in [6.07, 6.45) is 0. The van der Waals surface area contributed by atoms with E-state index in [1.807, 2.05) is 20.8 Å². The lowest BCUT2D eigenvalue weighted by Gasteiger charge is -2.25. The van der Waals surface area contributed by atoms with Gasteiger partial charge in [-0.15, -0.1) is 0 Å². The Bertz CT molecular complexity index is 1340. The van der Waals surface area contributed by atoms with Crippen molar-refractivity contribution in [2.45, 2.75) is 25.7 Å². The fourth-order valence-electron chi connectivity index (χ4n) is 3.22. The first-order valence-corrected chi connectivity index (χ1v) is 12.2. The molecule has 1 amide bonds. The van der Waals surface area contributed by atoms with Gasteiger partial charge in [-0.05, 0) is 74.4 Å². The van der Waals surface area contributed by atoms with Gasteiger partial charge >= 0.3 is 5.97 Å². The van der Waals surface area contributed by atoms with Crippen molar-refractivity contribution in [3.8, 4) is 0 Å². The number of aryl methyl sites for hydroxylation is 3. The standard InChI is InChI=1S/C25H25ClN2O5S/c1-16-5-10-21(11-6-16)34(31,32)28(20-9-7-17(2)18(3)13-20)15-24(29)27-23-14-19(25(30)33-4)8-12-22(23)26/h5-14H,15H2,1-4H3,(H,27,29). The zero-order valence-electron chi connectivity index (χ0n) is 19.3. The first-order valence-electron chi connectivity index (χ1n) is 10.4. The van der Waals surface area contributed by atoms with E-state index in [0.29, 0.717) is 5.69 Å². The number of nitrogens with zero attached hydrogens (tertiary/aromatic N) is 1. The lowest BCUT2D eigenvalue weighted by molar-refractivity contribution is -0.114. The number of carbonyl (C=O) groups excluding carboxylic acids is 2. The molecule has 0 atom stereocenters. The van der Waals surface area contributed by atoms with Crippen LogP contribution in [0.1, 0.15) is 27.0 Å². The molecule has 9 heteroatoms. The molecule has 0 bridgehead atoms. The van der Waals surface area contributed by atoms with Gasteiger partial charge in [-0.25, -0.2) is 13.2 Å². The second-order valence-corrected chi connectivity index (χ2v) is 10.1. The van der Waals surface area contributed by atoms with Crippen LogP contribution in [0, 0.1) is 20.8 Å². The number of carbonyl (C=O) groups is 2. The monoisotopic (exact) mass is 500 g/mol. The van der Waals surface area contributed by atoms with Gasteiger partial charge in [0.15, 0.2) is 0 Å². The Balaban J connectivity index is 1.97. The second kappa shape index (κ2) is 10.3. The molecule has 0 saturated heterocycles. The van der Waals surface area contributed by atoms with E-state index in [9.17, 15) is 18.0 Å². The summed E-state index contributed by atoms with van der Waals surface area (Å²) in [6.45, 7) is 5.14. The lowest BCUT2D eigenvalue weighted by atomic mass is 10.1. The Kier molecular flexibility index (Phi) is 7.64. The van der Waals surface area contributed by atoms with Gasteiger partial charge in [-0.3, -0.25) is 9.10 Å². The number of sulfonamides is 1. The minimum absolute atomic E-state index is 0.0647. The van der Waals surface area contributed by atoms with Crippen LogP contribution in [0.15, 0.2) is 65.6 Å². The summed E-state index contributed by atoms with van der Waals surface area (Å²) in [5.41, 5.74) is 3.51. The highest BCUT2D eigenvalue weighted by molar-refractivity contribution is 7.92. The third kappa shape index (κ3) is 5.58. The average Bonchev–Trinajstić information content (AvgIpc) is 2.80. The largest absolute Gasteiger partial charge is 0.465 e. The number of esters is 1. The van der Waals surface area contributed by atoms with Crippen molar-refractivity contribution in [1.82, 2.24) is 0 Å². The van der Waals surface area contributed by atoms with Crippen LogP contribution in [0.2, 0.25) is 5.02 Å². The number of anilines is 2. The lowest BCUT2D eigenvalue weighted by Crippen LogP contribution is -2.38. The molecule has 3 rings (SSSR count). The number of hydrogen-bond acceptors (Lipinski definition) is 5. The maximum atomic E-state index is 13.5. The van der Waals surface area contributed by atoms with Gasteiger partial charge in [0.1, 0.15) is 6.54 Å². The molecule has 178 valence electrons. The van der Waals surface area contributed by atoms with Crippen LogP contribution in [0.3, 0.4) is 0 Å². The molecule has 0 unspecified atom stereocenters. The molecule has 0 aliphatic heterocycles. The Morgan fingerprint density at radius 2 is 1.62 bits per heavy atom. The first kappa shape index (κ1) is 25.3. The molecule has 34 heavy (non-hydrogen) atoms. The number of benzene rings is 3. The highest BCUT2D eigenvalue weighted by Crippen LogP contribution is 2.27. The smallest absolute Gasteiger partial charge is 0.337 e. The molecule has 0 aromatic heterocycles. The summed E-state index contributed by atoms with van der Waals surface area (Å²) < 4.78 is 32.8. The van der Waals surface area contributed by atoms with Crippen molar-refractivity contribution in [2.24, 2.45) is 0 Å². The number of nitrogens with one attached hydrogen (secondary N) is 1. The van der Waals surface area contributed by atoms with E-state index in [-0.39, 0.29) is 21.2 Å². The van der Waals surface area contributed by atoms with Crippen LogP contribution in [0.4, 0.5) is 11.4 Å². The van der Waals surface area contributed by atoms with Crippen LogP contribution >= 0.6 is 11.6 Å². The molecule has 3 aromatic rings. The van der Waals surface area contributed by atoms with Crippen LogP contribution in [-0.4, -0.2) is 33.9 Å². The second-order valence-electron chi connectivity index (χ2n) is 7.83. The maximum Gasteiger partial charge on any atom is 0.337 e. The number of rotatable bonds is 7. The zero-order valence-corrected chi connectivity index (χ0v) is 20.8. The van der Waals surface area contributed by atoms with Crippen molar-refractivity contribution in [2.75, 3.05) is 23.3 Å². The summed E-state index contributed by atoms with van der Waals surface area (Å²) in [5.74, 6) is -1.22. The van der Waals surface area contributed by atoms with Crippen molar-refractivity contribution >= 4 is 44.9 Å². The van der Waals surface area contributed by atoms with E-state index >= 15 is 0 Å². The van der Waals surface area contributed by atoms with Crippen molar-refractivity contribution in [3.63, 3.8) is 0 Å². The summed E-state index contributed by atoms with van der Waals surface area (Å²) in [5, 5.41) is 2.80. The van der Waals surface area contributed by atoms with E-state index in [4.69, 9.17) is 16.3 Å². The predicted molar refractivity (Wildman–Crippen MR) is 133 cm³/mol. The number of amides is 1. The maximum absolute atomic E-state index is 13.5. The molecule has 1 N–H and O–H groups in total. The molecule has 0 radical (unpaired) electrons. The Hall–Kier alpha value is -3.36. The Morgan fingerprint density at radius 3 is 2.24 bits per heavy atom. The van der Waals surface area contributed by atoms with E-state index < -0.39 is 28.4 Å². The van der Waals surface area contributed by atoms with E-state index in [0.717, 1.165) is 21.0 Å². The van der Waals surface area contributed by atoms with Crippen molar-refractivity contribution in [3.05, 3.63) is 87.9 Å². The first-order chi connectivity index (χ1) is 16.0. The Morgan fingerprint density at radius 1 is 0.941 bits per heavy atom. The molecule has 0 heterocycles. The third-order valence-electron chi connectivity index (χ3n) is 5.34. The van der Waals surface area contributed by atoms with Crippen LogP contribution in [0.25, 0.3) is 0 Å². The SMILES string of the molecule is COC(=O)c1ccc(Cl)c(NC(=O)CN(c2ccc(C)c(C)c2)S(=O)(=O)c2ccc(C)cc2)c1. The highest BCUT2D eigenvalue weighted by Gasteiger charge is 2.28. The molecule has 3 aromatic carbocycles. The number of methoxy groups -OCH3 is 1. The van der Waals surface area contributed by atoms with E-state index in [1.54, 1.807) is 30.3 Å². The zero-order chi connectivity index (χ0) is 25.0. The molecule has 0 spiro atoms. The quantitative estimate of drug-likeness (QED) is 0.466. The minimum Gasteiger partial charge on any atom is -0.465 e. The van der Waals surface area contributed by atoms with Gasteiger partial charge in [0, 0.05) is 0 Å². The van der Waals surface area contributed by atoms with Gasteiger partial charge in [0.25, 0.3) is 10.0 Å². The summed E-state index contributed by atoms with van der Waals surface area (Å²) in [6, 6.07) is 15.9. The third-order valence-corrected chi connectivity index (χ3v) is 7.45. The fourth-order valence-corrected chi connectivity index (χ4v) is 4.80. The highest BCUT2D eigenvalue weighted by atomic mass is 35.5. The summed E-state index contributed by atoms with van der Waals surface area (Å²) in [4.78, 5) is 24.9. The predicted octanol–water partition coefficient (Wildman–Crippen LogP) is 4.89. The Labute approximate surface area is 204 Å². The van der Waals surface area contributed by atoms with Gasteiger partial charge in [-0.1, -0.05) is 35.4 Å². The van der Waals surface area contributed by atoms with Gasteiger partial charge in [0.2, 0.25) is 5.91 Å². The van der Waals surface area contributed by atoms with Crippen molar-refractivity contribution < 1.29 is 22.7 Å². The van der Waals surface area contributed by atoms with E-state index in [2.05, 4.69) is 5.32 Å². The molecular formula is C25H25ClN2O5S. The van der Waals surface area contributed by atoms with Crippen LogP contribution in [0.5, 0.6) is 0 Å². The molecule has 0 fully saturated rings. The molecule has 0 aliphatic rings. The molecule has 7 nitrogen and oxygen atoms in total. The topological polar surface area (TPSA) is 92.8 Å². The van der Waals surface area contributed by atoms with Crippen LogP contribution < -0.4 is 9.62 Å². The van der Waals surface area contributed by atoms with Gasteiger partial charge < -0.3 is 10.1 Å². The molecule has 0 aliphatic carbocycles. The number of ether oxygens (including phenoxy) is 1. The number of hydrogen-bond donors (Lipinski definition) is 1. The van der Waals surface area contributed by atoms with Crippen molar-refractivity contribution in [1.29, 1.82) is 0 Å². The molecule has 0 saturated carbocycles. The minimum atomic E-state index is -4.06. The summed E-state index contributed by atoms with van der Waals surface area (Å²) in [7, 11) is -2.82. The molecular weight excluding hydrogens is 476 g/mol. The van der Waals surface area contributed by atoms with E-state index in [1.165, 1.54) is 37.4 Å². The average molecular weight is 501 g/mol. The summed E-state index contributed by atoms with van der Waals surface area (Å²) >= 11 is 6.18. The van der Waals surface area contributed by atoms with Gasteiger partial charge in [-0.2, -0.15) is 0 Å². The fraction of sp³-hybridized carbons (Fsp3) is 0.200. The normalized spacial score (nSPS) is 11.1. The van der Waals surface area contributed by atoms with Crippen LogP contribution in [-0.2, 0) is 19.6 Å². The number of halogens is 1. The van der Waals surface area contributed by atoms with Gasteiger partial charge in [0.05, 0.1) is 34.0 Å².